The Hall–Kier alpha value is -1.10. The molecule has 5 nitrogen and oxygen atoms in total. The topological polar surface area (TPSA) is 69.6 Å². The van der Waals surface area contributed by atoms with Gasteiger partial charge in [0.1, 0.15) is 0 Å². The van der Waals surface area contributed by atoms with Crippen molar-refractivity contribution < 1.29 is 14.7 Å². The molecule has 2 heterocycles. The highest BCUT2D eigenvalue weighted by Crippen LogP contribution is 2.30. The van der Waals surface area contributed by atoms with Crippen LogP contribution in [0.1, 0.15) is 26.7 Å². The van der Waals surface area contributed by atoms with Gasteiger partial charge in [0.05, 0.1) is 11.3 Å². The first-order valence-electron chi connectivity index (χ1n) is 6.17. The third-order valence-electron chi connectivity index (χ3n) is 3.89. The summed E-state index contributed by atoms with van der Waals surface area (Å²) < 4.78 is 0. The highest BCUT2D eigenvalue weighted by atomic mass is 16.4. The summed E-state index contributed by atoms with van der Waals surface area (Å²) in [6, 6.07) is 0.190. The van der Waals surface area contributed by atoms with E-state index in [9.17, 15) is 9.59 Å². The minimum absolute atomic E-state index is 0.0633. The average molecular weight is 240 g/mol. The van der Waals surface area contributed by atoms with E-state index < -0.39 is 11.4 Å². The second kappa shape index (κ2) is 4.29. The zero-order chi connectivity index (χ0) is 12.6. The fraction of sp³-hybridized carbons (Fsp3) is 0.833. The van der Waals surface area contributed by atoms with Gasteiger partial charge in [-0.2, -0.15) is 0 Å². The molecule has 0 aliphatic carbocycles. The molecule has 0 spiro atoms. The number of hydrogen-bond acceptors (Lipinski definition) is 3. The summed E-state index contributed by atoms with van der Waals surface area (Å²) in [6.45, 7) is 5.55. The van der Waals surface area contributed by atoms with Gasteiger partial charge in [-0.05, 0) is 33.2 Å². The number of carbonyl (C=O) groups is 2. The Kier molecular flexibility index (Phi) is 3.12. The molecule has 2 saturated heterocycles. The number of nitrogens with zero attached hydrogens (tertiary/aromatic N) is 1. The van der Waals surface area contributed by atoms with Crippen molar-refractivity contribution in [3.05, 3.63) is 0 Å². The smallest absolute Gasteiger partial charge is 0.310 e. The number of fused-ring (bicyclic) bond motifs is 1. The van der Waals surface area contributed by atoms with Gasteiger partial charge in [-0.3, -0.25) is 14.5 Å². The van der Waals surface area contributed by atoms with E-state index in [4.69, 9.17) is 5.11 Å². The molecule has 5 heteroatoms. The van der Waals surface area contributed by atoms with Crippen molar-refractivity contribution in [2.75, 3.05) is 19.6 Å². The molecule has 2 unspecified atom stereocenters. The van der Waals surface area contributed by atoms with Crippen LogP contribution in [0.15, 0.2) is 0 Å². The number of piperidine rings is 1. The van der Waals surface area contributed by atoms with E-state index in [-0.39, 0.29) is 17.9 Å². The number of carboxylic acids is 1. The largest absolute Gasteiger partial charge is 0.481 e. The maximum atomic E-state index is 11.6. The van der Waals surface area contributed by atoms with E-state index in [0.717, 1.165) is 19.4 Å². The van der Waals surface area contributed by atoms with E-state index in [0.29, 0.717) is 13.1 Å². The van der Waals surface area contributed by atoms with Crippen LogP contribution in [0.4, 0.5) is 0 Å². The molecular formula is C12H20N2O3. The minimum Gasteiger partial charge on any atom is -0.481 e. The van der Waals surface area contributed by atoms with Gasteiger partial charge in [0.15, 0.2) is 0 Å². The van der Waals surface area contributed by atoms with E-state index in [2.05, 4.69) is 10.2 Å². The Labute approximate surface area is 101 Å². The van der Waals surface area contributed by atoms with Gasteiger partial charge in [0.2, 0.25) is 5.91 Å². The summed E-state index contributed by atoms with van der Waals surface area (Å²) >= 11 is 0. The van der Waals surface area contributed by atoms with Crippen LogP contribution < -0.4 is 5.32 Å². The van der Waals surface area contributed by atoms with Crippen LogP contribution in [-0.2, 0) is 9.59 Å². The number of rotatable bonds is 3. The molecule has 96 valence electrons. The summed E-state index contributed by atoms with van der Waals surface area (Å²) in [4.78, 5) is 24.9. The molecule has 0 aromatic carbocycles. The Morgan fingerprint density at radius 1 is 1.59 bits per heavy atom. The van der Waals surface area contributed by atoms with Crippen molar-refractivity contribution >= 4 is 11.9 Å². The van der Waals surface area contributed by atoms with Gasteiger partial charge < -0.3 is 10.4 Å². The van der Waals surface area contributed by atoms with Crippen molar-refractivity contribution in [2.45, 2.75) is 32.7 Å². The van der Waals surface area contributed by atoms with Gasteiger partial charge in [-0.1, -0.05) is 0 Å². The molecular weight excluding hydrogens is 220 g/mol. The maximum Gasteiger partial charge on any atom is 0.310 e. The minimum atomic E-state index is -0.781. The Morgan fingerprint density at radius 3 is 2.94 bits per heavy atom. The van der Waals surface area contributed by atoms with E-state index in [1.807, 2.05) is 0 Å². The molecule has 2 atom stereocenters. The van der Waals surface area contributed by atoms with Gasteiger partial charge >= 0.3 is 5.97 Å². The maximum absolute atomic E-state index is 11.6. The lowest BCUT2D eigenvalue weighted by Gasteiger charge is -2.39. The van der Waals surface area contributed by atoms with Gasteiger partial charge in [0, 0.05) is 19.1 Å². The third-order valence-corrected chi connectivity index (χ3v) is 3.89. The van der Waals surface area contributed by atoms with Gasteiger partial charge in [-0.15, -0.1) is 0 Å². The van der Waals surface area contributed by atoms with Crippen LogP contribution >= 0.6 is 0 Å². The van der Waals surface area contributed by atoms with Crippen molar-refractivity contribution in [3.63, 3.8) is 0 Å². The molecule has 1 amide bonds. The van der Waals surface area contributed by atoms with Crippen molar-refractivity contribution in [3.8, 4) is 0 Å². The molecule has 2 aliphatic rings. The Bertz CT molecular complexity index is 341. The standard InChI is InChI=1S/C12H20N2O3/c1-12(2,11(16)17)7-14-5-3-4-8-9(14)6-13-10(8)15/h8-9H,3-7H2,1-2H3,(H,13,15)(H,16,17). The zero-order valence-corrected chi connectivity index (χ0v) is 10.4. The fourth-order valence-corrected chi connectivity index (χ4v) is 2.81. The fourth-order valence-electron chi connectivity index (χ4n) is 2.81. The zero-order valence-electron chi connectivity index (χ0n) is 10.4. The van der Waals surface area contributed by atoms with Crippen LogP contribution in [-0.4, -0.2) is 47.6 Å². The Balaban J connectivity index is 2.06. The lowest BCUT2D eigenvalue weighted by molar-refractivity contribution is -0.148. The molecule has 2 fully saturated rings. The van der Waals surface area contributed by atoms with Crippen LogP contribution in [0.2, 0.25) is 0 Å². The number of carboxylic acid groups (broad SMARTS) is 1. The quantitative estimate of drug-likeness (QED) is 0.745. The summed E-state index contributed by atoms with van der Waals surface area (Å²) in [7, 11) is 0. The van der Waals surface area contributed by atoms with Gasteiger partial charge in [-0.25, -0.2) is 0 Å². The molecule has 2 aliphatic heterocycles. The summed E-state index contributed by atoms with van der Waals surface area (Å²) in [5.74, 6) is -0.585. The van der Waals surface area contributed by atoms with Crippen LogP contribution in [0, 0.1) is 11.3 Å². The number of aliphatic carboxylic acids is 1. The Morgan fingerprint density at radius 2 is 2.29 bits per heavy atom. The van der Waals surface area contributed by atoms with Crippen molar-refractivity contribution in [2.24, 2.45) is 11.3 Å². The summed E-state index contributed by atoms with van der Waals surface area (Å²) in [5.41, 5.74) is -0.756. The molecule has 0 aromatic rings. The average Bonchev–Trinajstić information content (AvgIpc) is 2.61. The first-order chi connectivity index (χ1) is 7.92. The second-order valence-corrected chi connectivity index (χ2v) is 5.72. The van der Waals surface area contributed by atoms with Gasteiger partial charge in [0.25, 0.3) is 0 Å². The normalized spacial score (nSPS) is 29.9. The predicted octanol–water partition coefficient (Wildman–Crippen LogP) is 0.308. The molecule has 0 aromatic heterocycles. The van der Waals surface area contributed by atoms with Crippen LogP contribution in [0.25, 0.3) is 0 Å². The first kappa shape index (κ1) is 12.4. The highest BCUT2D eigenvalue weighted by molar-refractivity contribution is 5.82. The predicted molar refractivity (Wildman–Crippen MR) is 62.5 cm³/mol. The van der Waals surface area contributed by atoms with E-state index in [1.165, 1.54) is 0 Å². The van der Waals surface area contributed by atoms with Crippen LogP contribution in [0.3, 0.4) is 0 Å². The highest BCUT2D eigenvalue weighted by Gasteiger charge is 2.43. The summed E-state index contributed by atoms with van der Waals surface area (Å²) in [5, 5.41) is 12.0. The van der Waals surface area contributed by atoms with E-state index in [1.54, 1.807) is 13.8 Å². The number of carbonyl (C=O) groups excluding carboxylic acids is 1. The first-order valence-corrected chi connectivity index (χ1v) is 6.17. The number of likely N-dealkylation sites (tertiary alicyclic amines) is 1. The van der Waals surface area contributed by atoms with Crippen molar-refractivity contribution in [1.29, 1.82) is 0 Å². The number of hydrogen-bond donors (Lipinski definition) is 2. The second-order valence-electron chi connectivity index (χ2n) is 5.72. The molecule has 2 rings (SSSR count). The van der Waals surface area contributed by atoms with Crippen LogP contribution in [0.5, 0.6) is 0 Å². The number of amides is 1. The molecule has 0 radical (unpaired) electrons. The third kappa shape index (κ3) is 2.29. The number of nitrogens with one attached hydrogen (secondary N) is 1. The molecule has 0 saturated carbocycles. The van der Waals surface area contributed by atoms with E-state index >= 15 is 0 Å². The molecule has 0 bridgehead atoms. The monoisotopic (exact) mass is 240 g/mol. The lowest BCUT2D eigenvalue weighted by Crippen LogP contribution is -2.50. The van der Waals surface area contributed by atoms with Crippen molar-refractivity contribution in [1.82, 2.24) is 10.2 Å². The summed E-state index contributed by atoms with van der Waals surface area (Å²) in [6.07, 6.45) is 1.91. The SMILES string of the molecule is CC(C)(CN1CCCC2C(=O)NCC21)C(=O)O. The molecule has 2 N–H and O–H groups in total. The molecule has 17 heavy (non-hydrogen) atoms. The lowest BCUT2D eigenvalue weighted by atomic mass is 9.87.